The Morgan fingerprint density at radius 2 is 2.27 bits per heavy atom. The van der Waals surface area contributed by atoms with Crippen molar-refractivity contribution in [3.05, 3.63) is 0 Å². The van der Waals surface area contributed by atoms with Crippen molar-refractivity contribution in [3.8, 4) is 0 Å². The molecule has 2 aliphatic rings. The summed E-state index contributed by atoms with van der Waals surface area (Å²) < 4.78 is 0. The van der Waals surface area contributed by atoms with Crippen LogP contribution in [0.25, 0.3) is 0 Å². The number of rotatable bonds is 3. The molecule has 1 spiro atoms. The number of amides is 1. The average molecular weight is 213 g/mol. The van der Waals surface area contributed by atoms with E-state index in [1.807, 2.05) is 0 Å². The third kappa shape index (κ3) is 2.00. The van der Waals surface area contributed by atoms with Crippen LogP contribution in [0.2, 0.25) is 0 Å². The van der Waals surface area contributed by atoms with Crippen LogP contribution in [-0.2, 0) is 4.79 Å². The highest BCUT2D eigenvalue weighted by atomic mass is 16.3. The Kier molecular flexibility index (Phi) is 2.95. The molecule has 0 radical (unpaired) electrons. The van der Waals surface area contributed by atoms with Gasteiger partial charge in [-0.05, 0) is 25.7 Å². The number of nitrogens with one attached hydrogen (secondary N) is 2. The van der Waals surface area contributed by atoms with Crippen molar-refractivity contribution in [2.24, 2.45) is 11.1 Å². The van der Waals surface area contributed by atoms with Crippen LogP contribution < -0.4 is 16.4 Å². The summed E-state index contributed by atoms with van der Waals surface area (Å²) in [7, 11) is 0. The summed E-state index contributed by atoms with van der Waals surface area (Å²) >= 11 is 0. The van der Waals surface area contributed by atoms with Crippen LogP contribution in [0.4, 0.5) is 0 Å². The van der Waals surface area contributed by atoms with Crippen LogP contribution in [0.1, 0.15) is 25.7 Å². The number of hydrogen-bond acceptors (Lipinski definition) is 4. The van der Waals surface area contributed by atoms with E-state index in [0.29, 0.717) is 6.04 Å². The Morgan fingerprint density at radius 1 is 1.60 bits per heavy atom. The molecule has 2 rings (SSSR count). The summed E-state index contributed by atoms with van der Waals surface area (Å²) in [5.41, 5.74) is 5.25. The van der Waals surface area contributed by atoms with Crippen molar-refractivity contribution < 1.29 is 9.90 Å². The first kappa shape index (κ1) is 10.9. The molecule has 1 aliphatic heterocycles. The van der Waals surface area contributed by atoms with E-state index in [-0.39, 0.29) is 17.9 Å². The zero-order valence-electron chi connectivity index (χ0n) is 8.83. The highest BCUT2D eigenvalue weighted by Gasteiger charge is 2.47. The third-order valence-electron chi connectivity index (χ3n) is 3.66. The van der Waals surface area contributed by atoms with Gasteiger partial charge in [0.2, 0.25) is 5.91 Å². The van der Waals surface area contributed by atoms with Crippen LogP contribution in [-0.4, -0.2) is 36.4 Å². The van der Waals surface area contributed by atoms with Gasteiger partial charge in [0.25, 0.3) is 0 Å². The number of β-lactam (4-membered cyclic amide) rings is 1. The maximum atomic E-state index is 11.4. The maximum Gasteiger partial charge on any atom is 0.228 e. The van der Waals surface area contributed by atoms with Crippen LogP contribution in [0.5, 0.6) is 0 Å². The molecule has 1 saturated heterocycles. The Morgan fingerprint density at radius 3 is 2.67 bits per heavy atom. The standard InChI is InChI=1S/C10H19N3O2/c11-5-8(14)13-7-1-3-10(4-2-7)6-12-9(10)15/h7-8,13-14H,1-6,11H2,(H,12,15). The molecule has 5 heteroatoms. The Labute approximate surface area is 89.4 Å². The van der Waals surface area contributed by atoms with Gasteiger partial charge in [0, 0.05) is 19.1 Å². The van der Waals surface area contributed by atoms with Gasteiger partial charge in [0.15, 0.2) is 0 Å². The molecule has 86 valence electrons. The second-order valence-electron chi connectivity index (χ2n) is 4.66. The number of aliphatic hydroxyl groups is 1. The molecule has 0 bridgehead atoms. The van der Waals surface area contributed by atoms with E-state index in [1.54, 1.807) is 0 Å². The summed E-state index contributed by atoms with van der Waals surface area (Å²) in [6.07, 6.45) is 3.13. The van der Waals surface area contributed by atoms with Crippen LogP contribution in [0.3, 0.4) is 0 Å². The fourth-order valence-electron chi connectivity index (χ4n) is 2.49. The molecule has 15 heavy (non-hydrogen) atoms. The highest BCUT2D eigenvalue weighted by molar-refractivity contribution is 5.88. The molecule has 1 atom stereocenters. The summed E-state index contributed by atoms with van der Waals surface area (Å²) in [6.45, 7) is 1.07. The maximum absolute atomic E-state index is 11.4. The van der Waals surface area contributed by atoms with Gasteiger partial charge < -0.3 is 16.2 Å². The quantitative estimate of drug-likeness (QED) is 0.354. The minimum Gasteiger partial charge on any atom is -0.377 e. The minimum atomic E-state index is -0.612. The van der Waals surface area contributed by atoms with E-state index in [9.17, 15) is 9.90 Å². The lowest BCUT2D eigenvalue weighted by atomic mass is 9.68. The average Bonchev–Trinajstić information content (AvgIpc) is 2.28. The number of carbonyl (C=O) groups excluding carboxylic acids is 1. The van der Waals surface area contributed by atoms with Crippen LogP contribution in [0, 0.1) is 5.41 Å². The smallest absolute Gasteiger partial charge is 0.228 e. The van der Waals surface area contributed by atoms with E-state index in [1.165, 1.54) is 0 Å². The monoisotopic (exact) mass is 213 g/mol. The fraction of sp³-hybridized carbons (Fsp3) is 0.900. The predicted octanol–water partition coefficient (Wildman–Crippen LogP) is -1.09. The molecule has 2 fully saturated rings. The van der Waals surface area contributed by atoms with Crippen molar-refractivity contribution in [2.45, 2.75) is 38.0 Å². The van der Waals surface area contributed by atoms with Crippen molar-refractivity contribution in [1.82, 2.24) is 10.6 Å². The first-order valence-corrected chi connectivity index (χ1v) is 5.59. The zero-order chi connectivity index (χ0) is 10.9. The van der Waals surface area contributed by atoms with E-state index >= 15 is 0 Å². The first-order chi connectivity index (χ1) is 7.16. The Bertz CT molecular complexity index is 249. The fourth-order valence-corrected chi connectivity index (χ4v) is 2.49. The van der Waals surface area contributed by atoms with Gasteiger partial charge >= 0.3 is 0 Å². The van der Waals surface area contributed by atoms with Crippen molar-refractivity contribution >= 4 is 5.91 Å². The van der Waals surface area contributed by atoms with Gasteiger partial charge in [0.1, 0.15) is 6.23 Å². The lowest BCUT2D eigenvalue weighted by Crippen LogP contribution is -2.61. The molecule has 5 nitrogen and oxygen atoms in total. The van der Waals surface area contributed by atoms with E-state index in [0.717, 1.165) is 32.2 Å². The van der Waals surface area contributed by atoms with Gasteiger partial charge in [-0.15, -0.1) is 0 Å². The predicted molar refractivity (Wildman–Crippen MR) is 55.9 cm³/mol. The van der Waals surface area contributed by atoms with Gasteiger partial charge in [-0.1, -0.05) is 0 Å². The van der Waals surface area contributed by atoms with Crippen molar-refractivity contribution in [2.75, 3.05) is 13.1 Å². The van der Waals surface area contributed by atoms with Gasteiger partial charge in [-0.2, -0.15) is 0 Å². The molecule has 1 aliphatic carbocycles. The molecule has 0 aromatic rings. The first-order valence-electron chi connectivity index (χ1n) is 5.59. The number of carbonyl (C=O) groups is 1. The molecule has 1 unspecified atom stereocenters. The number of aliphatic hydroxyl groups excluding tert-OH is 1. The van der Waals surface area contributed by atoms with Gasteiger partial charge in [0.05, 0.1) is 5.41 Å². The summed E-state index contributed by atoms with van der Waals surface area (Å²) in [5.74, 6) is 0.209. The molecule has 1 heterocycles. The molecule has 5 N–H and O–H groups in total. The van der Waals surface area contributed by atoms with Crippen molar-refractivity contribution in [1.29, 1.82) is 0 Å². The summed E-state index contributed by atoms with van der Waals surface area (Å²) in [5, 5.41) is 15.2. The summed E-state index contributed by atoms with van der Waals surface area (Å²) in [6, 6.07) is 0.308. The van der Waals surface area contributed by atoms with E-state index in [4.69, 9.17) is 5.73 Å². The minimum absolute atomic E-state index is 0.0775. The molecule has 1 amide bonds. The highest BCUT2D eigenvalue weighted by Crippen LogP contribution is 2.40. The van der Waals surface area contributed by atoms with Crippen molar-refractivity contribution in [3.63, 3.8) is 0 Å². The van der Waals surface area contributed by atoms with Gasteiger partial charge in [-0.3, -0.25) is 10.1 Å². The second-order valence-corrected chi connectivity index (χ2v) is 4.66. The molecule has 0 aromatic heterocycles. The van der Waals surface area contributed by atoms with E-state index < -0.39 is 6.23 Å². The third-order valence-corrected chi connectivity index (χ3v) is 3.66. The Hall–Kier alpha value is -0.650. The topological polar surface area (TPSA) is 87.4 Å². The number of hydrogen-bond donors (Lipinski definition) is 4. The van der Waals surface area contributed by atoms with Gasteiger partial charge in [-0.25, -0.2) is 0 Å². The Balaban J connectivity index is 1.79. The zero-order valence-corrected chi connectivity index (χ0v) is 8.83. The molecule has 0 aromatic carbocycles. The second kappa shape index (κ2) is 4.08. The largest absolute Gasteiger partial charge is 0.377 e. The SMILES string of the molecule is NCC(O)NC1CCC2(CC1)CNC2=O. The van der Waals surface area contributed by atoms with Crippen LogP contribution >= 0.6 is 0 Å². The number of nitrogens with two attached hydrogens (primary N) is 1. The lowest BCUT2D eigenvalue weighted by molar-refractivity contribution is -0.143. The molecular weight excluding hydrogens is 194 g/mol. The summed E-state index contributed by atoms with van der Waals surface area (Å²) in [4.78, 5) is 11.4. The normalized spacial score (nSPS) is 37.2. The molecule has 1 saturated carbocycles. The molecular formula is C10H19N3O2. The lowest BCUT2D eigenvalue weighted by Gasteiger charge is -2.45. The van der Waals surface area contributed by atoms with E-state index in [2.05, 4.69) is 10.6 Å². The van der Waals surface area contributed by atoms with Crippen LogP contribution in [0.15, 0.2) is 0 Å².